The molecule has 0 aliphatic rings. The number of urea groups is 1. The van der Waals surface area contributed by atoms with Gasteiger partial charge in [-0.25, -0.2) is 4.79 Å². The van der Waals surface area contributed by atoms with Gasteiger partial charge in [-0.05, 0) is 27.2 Å². The third-order valence-electron chi connectivity index (χ3n) is 1.57. The molecule has 80 valence electrons. The van der Waals surface area contributed by atoms with Crippen molar-refractivity contribution in [3.05, 3.63) is 0 Å². The fourth-order valence-corrected chi connectivity index (χ4v) is 1.02. The zero-order valence-corrected chi connectivity index (χ0v) is 9.48. The zero-order valence-electron chi connectivity index (χ0n) is 9.48. The van der Waals surface area contributed by atoms with Crippen molar-refractivity contribution in [2.45, 2.75) is 52.1 Å². The third kappa shape index (κ3) is 6.36. The molecule has 0 rings (SSSR count). The summed E-state index contributed by atoms with van der Waals surface area (Å²) in [6.07, 6.45) is 7.05. The van der Waals surface area contributed by atoms with Gasteiger partial charge in [0.05, 0.1) is 6.04 Å². The molecular weight excluding hydrogens is 176 g/mol. The standard InChI is InChI=1S/C11H20N2O/c1-6-8-9(7-2)12-10(14)13-11(3,4)5/h2,9H,6,8H2,1,3-5H3,(H2,12,13,14). The molecule has 1 atom stereocenters. The molecule has 0 aromatic rings. The Kier molecular flexibility index (Phi) is 5.07. The molecule has 0 fully saturated rings. The molecule has 0 spiro atoms. The predicted octanol–water partition coefficient (Wildman–Crippen LogP) is 1.89. The van der Waals surface area contributed by atoms with E-state index in [0.717, 1.165) is 12.8 Å². The lowest BCUT2D eigenvalue weighted by Gasteiger charge is -2.22. The van der Waals surface area contributed by atoms with Crippen LogP contribution in [-0.2, 0) is 0 Å². The molecule has 0 saturated heterocycles. The number of hydrogen-bond donors (Lipinski definition) is 2. The van der Waals surface area contributed by atoms with Crippen molar-refractivity contribution in [1.29, 1.82) is 0 Å². The van der Waals surface area contributed by atoms with Gasteiger partial charge in [0.2, 0.25) is 0 Å². The van der Waals surface area contributed by atoms with Crippen molar-refractivity contribution >= 4 is 6.03 Å². The maximum absolute atomic E-state index is 11.4. The summed E-state index contributed by atoms with van der Waals surface area (Å²) < 4.78 is 0. The topological polar surface area (TPSA) is 41.1 Å². The smallest absolute Gasteiger partial charge is 0.316 e. The molecule has 2 amide bonds. The SMILES string of the molecule is C#CC(CCC)NC(=O)NC(C)(C)C. The van der Waals surface area contributed by atoms with Crippen molar-refractivity contribution in [3.8, 4) is 12.3 Å². The second-order valence-electron chi connectivity index (χ2n) is 4.36. The van der Waals surface area contributed by atoms with Crippen LogP contribution in [0.3, 0.4) is 0 Å². The highest BCUT2D eigenvalue weighted by Crippen LogP contribution is 1.99. The molecule has 2 N–H and O–H groups in total. The van der Waals surface area contributed by atoms with E-state index in [4.69, 9.17) is 6.42 Å². The minimum atomic E-state index is -0.227. The first-order valence-electron chi connectivity index (χ1n) is 4.94. The van der Waals surface area contributed by atoms with E-state index in [1.165, 1.54) is 0 Å². The molecule has 1 unspecified atom stereocenters. The van der Waals surface area contributed by atoms with Gasteiger partial charge < -0.3 is 10.6 Å². The van der Waals surface area contributed by atoms with Crippen LogP contribution in [0.1, 0.15) is 40.5 Å². The largest absolute Gasteiger partial charge is 0.334 e. The molecule has 0 aliphatic heterocycles. The maximum atomic E-state index is 11.4. The zero-order chi connectivity index (χ0) is 11.2. The number of rotatable bonds is 3. The fourth-order valence-electron chi connectivity index (χ4n) is 1.02. The molecule has 3 nitrogen and oxygen atoms in total. The van der Waals surface area contributed by atoms with E-state index < -0.39 is 0 Å². The van der Waals surface area contributed by atoms with Crippen LogP contribution < -0.4 is 10.6 Å². The Hall–Kier alpha value is -1.17. The Bertz CT molecular complexity index is 222. The summed E-state index contributed by atoms with van der Waals surface area (Å²) in [5.74, 6) is 2.55. The molecule has 0 saturated carbocycles. The lowest BCUT2D eigenvalue weighted by Crippen LogP contribution is -2.49. The number of hydrogen-bond acceptors (Lipinski definition) is 1. The molecule has 0 heterocycles. The van der Waals surface area contributed by atoms with E-state index in [1.54, 1.807) is 0 Å². The Balaban J connectivity index is 3.99. The van der Waals surface area contributed by atoms with E-state index in [0.29, 0.717) is 0 Å². The number of carbonyl (C=O) groups excluding carboxylic acids is 1. The number of carbonyl (C=O) groups is 1. The summed E-state index contributed by atoms with van der Waals surface area (Å²) in [6, 6.07) is -0.365. The minimum Gasteiger partial charge on any atom is -0.334 e. The van der Waals surface area contributed by atoms with Gasteiger partial charge in [-0.15, -0.1) is 6.42 Å². The monoisotopic (exact) mass is 196 g/mol. The van der Waals surface area contributed by atoms with Crippen LogP contribution in [0.4, 0.5) is 4.79 Å². The van der Waals surface area contributed by atoms with Gasteiger partial charge in [-0.1, -0.05) is 19.3 Å². The highest BCUT2D eigenvalue weighted by atomic mass is 16.2. The second kappa shape index (κ2) is 5.54. The lowest BCUT2D eigenvalue weighted by atomic mass is 10.1. The third-order valence-corrected chi connectivity index (χ3v) is 1.57. The Morgan fingerprint density at radius 3 is 2.43 bits per heavy atom. The Morgan fingerprint density at radius 2 is 2.07 bits per heavy atom. The van der Waals surface area contributed by atoms with Crippen LogP contribution in [0.2, 0.25) is 0 Å². The number of amides is 2. The lowest BCUT2D eigenvalue weighted by molar-refractivity contribution is 0.230. The average molecular weight is 196 g/mol. The summed E-state index contributed by atoms with van der Waals surface area (Å²) in [7, 11) is 0. The Morgan fingerprint density at radius 1 is 1.50 bits per heavy atom. The Labute approximate surface area is 86.6 Å². The average Bonchev–Trinajstić information content (AvgIpc) is 2.00. The van der Waals surface area contributed by atoms with Gasteiger partial charge in [0, 0.05) is 5.54 Å². The van der Waals surface area contributed by atoms with Crippen molar-refractivity contribution < 1.29 is 4.79 Å². The van der Waals surface area contributed by atoms with E-state index in [2.05, 4.69) is 16.6 Å². The van der Waals surface area contributed by atoms with Crippen LogP contribution in [0.5, 0.6) is 0 Å². The highest BCUT2D eigenvalue weighted by Gasteiger charge is 2.15. The highest BCUT2D eigenvalue weighted by molar-refractivity contribution is 5.75. The maximum Gasteiger partial charge on any atom is 0.316 e. The first-order chi connectivity index (χ1) is 6.39. The molecular formula is C11H20N2O. The number of nitrogens with one attached hydrogen (secondary N) is 2. The molecule has 0 aromatic carbocycles. The quantitative estimate of drug-likeness (QED) is 0.665. The number of terminal acetylenes is 1. The summed E-state index contributed by atoms with van der Waals surface area (Å²) >= 11 is 0. The fraction of sp³-hybridized carbons (Fsp3) is 0.727. The van der Waals surface area contributed by atoms with Gasteiger partial charge >= 0.3 is 6.03 Å². The molecule has 14 heavy (non-hydrogen) atoms. The van der Waals surface area contributed by atoms with Crippen LogP contribution in [0.15, 0.2) is 0 Å². The van der Waals surface area contributed by atoms with Crippen LogP contribution in [0, 0.1) is 12.3 Å². The predicted molar refractivity (Wildman–Crippen MR) is 58.9 cm³/mol. The normalized spacial score (nSPS) is 12.8. The van der Waals surface area contributed by atoms with Crippen molar-refractivity contribution in [2.75, 3.05) is 0 Å². The molecule has 3 heteroatoms. The van der Waals surface area contributed by atoms with Crippen LogP contribution in [-0.4, -0.2) is 17.6 Å². The van der Waals surface area contributed by atoms with Gasteiger partial charge in [-0.3, -0.25) is 0 Å². The van der Waals surface area contributed by atoms with E-state index in [-0.39, 0.29) is 17.6 Å². The summed E-state index contributed by atoms with van der Waals surface area (Å²) in [6.45, 7) is 7.82. The molecule has 0 aromatic heterocycles. The second-order valence-corrected chi connectivity index (χ2v) is 4.36. The van der Waals surface area contributed by atoms with Gasteiger partial charge in [0.15, 0.2) is 0 Å². The minimum absolute atomic E-state index is 0.164. The van der Waals surface area contributed by atoms with Crippen LogP contribution >= 0.6 is 0 Å². The van der Waals surface area contributed by atoms with Gasteiger partial charge in [-0.2, -0.15) is 0 Å². The molecule has 0 radical (unpaired) electrons. The van der Waals surface area contributed by atoms with Crippen LogP contribution in [0.25, 0.3) is 0 Å². The van der Waals surface area contributed by atoms with E-state index in [1.807, 2.05) is 27.7 Å². The van der Waals surface area contributed by atoms with Crippen molar-refractivity contribution in [1.82, 2.24) is 10.6 Å². The summed E-state index contributed by atoms with van der Waals surface area (Å²) in [5, 5.41) is 5.53. The van der Waals surface area contributed by atoms with E-state index in [9.17, 15) is 4.79 Å². The van der Waals surface area contributed by atoms with E-state index >= 15 is 0 Å². The molecule has 0 bridgehead atoms. The first kappa shape index (κ1) is 12.8. The summed E-state index contributed by atoms with van der Waals surface area (Å²) in [5.41, 5.74) is -0.227. The molecule has 0 aliphatic carbocycles. The van der Waals surface area contributed by atoms with Crippen molar-refractivity contribution in [3.63, 3.8) is 0 Å². The summed E-state index contributed by atoms with van der Waals surface area (Å²) in [4.78, 5) is 11.4. The van der Waals surface area contributed by atoms with Gasteiger partial charge in [0.1, 0.15) is 0 Å². The van der Waals surface area contributed by atoms with Gasteiger partial charge in [0.25, 0.3) is 0 Å². The first-order valence-corrected chi connectivity index (χ1v) is 4.94. The van der Waals surface area contributed by atoms with Crippen molar-refractivity contribution in [2.24, 2.45) is 0 Å².